The van der Waals surface area contributed by atoms with Gasteiger partial charge < -0.3 is 23.9 Å². The fourth-order valence-corrected chi connectivity index (χ4v) is 3.54. The quantitative estimate of drug-likeness (QED) is 0.507. The highest BCUT2D eigenvalue weighted by Crippen LogP contribution is 2.22. The van der Waals surface area contributed by atoms with Crippen LogP contribution in [-0.2, 0) is 14.2 Å². The number of ether oxygens (including phenoxy) is 4. The van der Waals surface area contributed by atoms with Gasteiger partial charge in [-0.25, -0.2) is 9.59 Å². The SMILES string of the molecule is COC(=O)c1c(C)[nH]c(C(=O)[C@@H](C)OC(=O)c2ccc(OC[C@H]3CCCO3)cc2)c1C. The van der Waals surface area contributed by atoms with Crippen LogP contribution in [0.5, 0.6) is 5.75 Å². The molecule has 0 unspecified atom stereocenters. The molecule has 3 rings (SSSR count). The van der Waals surface area contributed by atoms with Crippen LogP contribution in [0.3, 0.4) is 0 Å². The second-order valence-electron chi connectivity index (χ2n) is 7.50. The van der Waals surface area contributed by atoms with E-state index < -0.39 is 23.8 Å². The molecule has 8 nitrogen and oxygen atoms in total. The van der Waals surface area contributed by atoms with Gasteiger partial charge in [0.15, 0.2) is 6.10 Å². The number of H-pyrrole nitrogens is 1. The summed E-state index contributed by atoms with van der Waals surface area (Å²) in [6, 6.07) is 6.53. The smallest absolute Gasteiger partial charge is 0.339 e. The number of hydrogen-bond acceptors (Lipinski definition) is 7. The van der Waals surface area contributed by atoms with Crippen molar-refractivity contribution in [1.82, 2.24) is 4.98 Å². The van der Waals surface area contributed by atoms with Crippen LogP contribution >= 0.6 is 0 Å². The molecular formula is C23H27NO7. The van der Waals surface area contributed by atoms with Crippen LogP contribution in [0.1, 0.15) is 62.2 Å². The Morgan fingerprint density at radius 2 is 1.87 bits per heavy atom. The summed E-state index contributed by atoms with van der Waals surface area (Å²) < 4.78 is 21.3. The third kappa shape index (κ3) is 5.14. The summed E-state index contributed by atoms with van der Waals surface area (Å²) in [6.07, 6.45) is 1.10. The summed E-state index contributed by atoms with van der Waals surface area (Å²) >= 11 is 0. The molecule has 0 spiro atoms. The molecule has 1 aromatic carbocycles. The number of aromatic nitrogens is 1. The summed E-state index contributed by atoms with van der Waals surface area (Å²) in [5, 5.41) is 0. The molecule has 2 atom stereocenters. The van der Waals surface area contributed by atoms with E-state index in [1.807, 2.05) is 0 Å². The zero-order valence-corrected chi connectivity index (χ0v) is 18.2. The van der Waals surface area contributed by atoms with Gasteiger partial charge in [0.05, 0.1) is 30.0 Å². The Hall–Kier alpha value is -3.13. The Bertz CT molecular complexity index is 955. The Morgan fingerprint density at radius 1 is 1.16 bits per heavy atom. The maximum atomic E-state index is 12.8. The van der Waals surface area contributed by atoms with Gasteiger partial charge in [-0.05, 0) is 63.4 Å². The van der Waals surface area contributed by atoms with E-state index in [2.05, 4.69) is 4.98 Å². The second-order valence-corrected chi connectivity index (χ2v) is 7.50. The van der Waals surface area contributed by atoms with Crippen molar-refractivity contribution >= 4 is 17.7 Å². The normalized spacial score (nSPS) is 16.6. The van der Waals surface area contributed by atoms with Gasteiger partial charge in [-0.3, -0.25) is 4.79 Å². The van der Waals surface area contributed by atoms with Crippen molar-refractivity contribution in [2.24, 2.45) is 0 Å². The molecule has 0 aliphatic carbocycles. The lowest BCUT2D eigenvalue weighted by atomic mass is 10.1. The Balaban J connectivity index is 1.61. The molecule has 2 aromatic rings. The fraction of sp³-hybridized carbons (Fsp3) is 0.435. The maximum absolute atomic E-state index is 12.8. The monoisotopic (exact) mass is 429 g/mol. The molecule has 0 radical (unpaired) electrons. The van der Waals surface area contributed by atoms with Crippen molar-refractivity contribution < 1.29 is 33.3 Å². The lowest BCUT2D eigenvalue weighted by molar-refractivity contribution is 0.0316. The van der Waals surface area contributed by atoms with Crippen LogP contribution in [0.15, 0.2) is 24.3 Å². The minimum Gasteiger partial charge on any atom is -0.491 e. The number of rotatable bonds is 8. The largest absolute Gasteiger partial charge is 0.491 e. The molecule has 1 aromatic heterocycles. The Kier molecular flexibility index (Phi) is 7.12. The minimum absolute atomic E-state index is 0.108. The number of carbonyl (C=O) groups excluding carboxylic acids is 3. The molecule has 31 heavy (non-hydrogen) atoms. The minimum atomic E-state index is -1.04. The number of carbonyl (C=O) groups is 3. The number of methoxy groups -OCH3 is 1. The van der Waals surface area contributed by atoms with Crippen molar-refractivity contribution in [3.05, 3.63) is 52.3 Å². The van der Waals surface area contributed by atoms with Crippen molar-refractivity contribution in [2.75, 3.05) is 20.3 Å². The van der Waals surface area contributed by atoms with Gasteiger partial charge in [0, 0.05) is 12.3 Å². The molecule has 0 saturated carbocycles. The highest BCUT2D eigenvalue weighted by atomic mass is 16.5. The molecule has 1 aliphatic heterocycles. The molecular weight excluding hydrogens is 402 g/mol. The van der Waals surface area contributed by atoms with Crippen molar-refractivity contribution in [3.8, 4) is 5.75 Å². The molecule has 0 bridgehead atoms. The molecule has 1 saturated heterocycles. The summed E-state index contributed by atoms with van der Waals surface area (Å²) in [6.45, 7) is 6.05. The third-order valence-corrected chi connectivity index (χ3v) is 5.28. The fourth-order valence-electron chi connectivity index (χ4n) is 3.54. The van der Waals surface area contributed by atoms with E-state index >= 15 is 0 Å². The predicted molar refractivity (Wildman–Crippen MR) is 112 cm³/mol. The first-order valence-corrected chi connectivity index (χ1v) is 10.2. The molecule has 8 heteroatoms. The molecule has 1 fully saturated rings. The number of benzene rings is 1. The van der Waals surface area contributed by atoms with Gasteiger partial charge in [-0.15, -0.1) is 0 Å². The average Bonchev–Trinajstić information content (AvgIpc) is 3.39. The highest BCUT2D eigenvalue weighted by molar-refractivity contribution is 6.04. The van der Waals surface area contributed by atoms with Crippen LogP contribution < -0.4 is 4.74 Å². The van der Waals surface area contributed by atoms with Gasteiger partial charge >= 0.3 is 11.9 Å². The van der Waals surface area contributed by atoms with Gasteiger partial charge in [-0.1, -0.05) is 0 Å². The van der Waals surface area contributed by atoms with Crippen LogP contribution in [-0.4, -0.2) is 55.2 Å². The first-order chi connectivity index (χ1) is 14.8. The molecule has 0 amide bonds. The van der Waals surface area contributed by atoms with E-state index in [4.69, 9.17) is 18.9 Å². The lowest BCUT2D eigenvalue weighted by Crippen LogP contribution is -2.25. The summed E-state index contributed by atoms with van der Waals surface area (Å²) in [4.78, 5) is 40.1. The van der Waals surface area contributed by atoms with Crippen molar-refractivity contribution in [2.45, 2.75) is 45.8 Å². The number of esters is 2. The van der Waals surface area contributed by atoms with E-state index in [0.29, 0.717) is 34.7 Å². The van der Waals surface area contributed by atoms with E-state index in [-0.39, 0.29) is 11.8 Å². The topological polar surface area (TPSA) is 104 Å². The molecule has 166 valence electrons. The van der Waals surface area contributed by atoms with Crippen molar-refractivity contribution in [3.63, 3.8) is 0 Å². The van der Waals surface area contributed by atoms with Gasteiger partial charge in [0.2, 0.25) is 5.78 Å². The zero-order valence-electron chi connectivity index (χ0n) is 18.2. The number of ketones is 1. The Morgan fingerprint density at radius 3 is 2.48 bits per heavy atom. The van der Waals surface area contributed by atoms with E-state index in [0.717, 1.165) is 19.4 Å². The Labute approximate surface area is 180 Å². The molecule has 1 aliphatic rings. The van der Waals surface area contributed by atoms with Crippen LogP contribution in [0, 0.1) is 13.8 Å². The van der Waals surface area contributed by atoms with Crippen molar-refractivity contribution in [1.29, 1.82) is 0 Å². The lowest BCUT2D eigenvalue weighted by Gasteiger charge is -2.13. The van der Waals surface area contributed by atoms with E-state index in [9.17, 15) is 14.4 Å². The second kappa shape index (κ2) is 9.78. The average molecular weight is 429 g/mol. The molecule has 2 heterocycles. The third-order valence-electron chi connectivity index (χ3n) is 5.28. The number of aryl methyl sites for hydroxylation is 1. The predicted octanol–water partition coefficient (Wildman–Crippen LogP) is 3.40. The first-order valence-electron chi connectivity index (χ1n) is 10.2. The zero-order chi connectivity index (χ0) is 22.5. The summed E-state index contributed by atoms with van der Waals surface area (Å²) in [5.74, 6) is -0.956. The standard InChI is InChI=1S/C23H27NO7/c1-13-19(23(27)28-4)14(2)24-20(13)21(25)15(3)31-22(26)16-7-9-17(10-8-16)30-12-18-6-5-11-29-18/h7-10,15,18,24H,5-6,11-12H2,1-4H3/t15-,18-/m1/s1. The molecule has 1 N–H and O–H groups in total. The van der Waals surface area contributed by atoms with E-state index in [1.165, 1.54) is 14.0 Å². The van der Waals surface area contributed by atoms with Crippen LogP contribution in [0.4, 0.5) is 0 Å². The van der Waals surface area contributed by atoms with E-state index in [1.54, 1.807) is 38.1 Å². The number of hydrogen-bond donors (Lipinski definition) is 1. The number of Topliss-reactive ketones (excluding diaryl/α,β-unsaturated/α-hetero) is 1. The first kappa shape index (κ1) is 22.6. The maximum Gasteiger partial charge on any atom is 0.339 e. The van der Waals surface area contributed by atoms with Gasteiger partial charge in [-0.2, -0.15) is 0 Å². The number of aromatic amines is 1. The van der Waals surface area contributed by atoms with Gasteiger partial charge in [0.1, 0.15) is 12.4 Å². The number of nitrogens with one attached hydrogen (secondary N) is 1. The summed E-state index contributed by atoms with van der Waals surface area (Å²) in [5.41, 5.74) is 1.81. The highest BCUT2D eigenvalue weighted by Gasteiger charge is 2.27. The van der Waals surface area contributed by atoms with Crippen LogP contribution in [0.25, 0.3) is 0 Å². The summed E-state index contributed by atoms with van der Waals surface area (Å²) in [7, 11) is 1.28. The van der Waals surface area contributed by atoms with Gasteiger partial charge in [0.25, 0.3) is 0 Å². The van der Waals surface area contributed by atoms with Crippen LogP contribution in [0.2, 0.25) is 0 Å².